The molecule has 0 spiro atoms. The van der Waals surface area contributed by atoms with Crippen LogP contribution in [0.5, 0.6) is 0 Å². The van der Waals surface area contributed by atoms with Gasteiger partial charge < -0.3 is 4.90 Å². The Bertz CT molecular complexity index is 664. The number of hydrogen-bond donors (Lipinski definition) is 0. The molecule has 0 amide bonds. The van der Waals surface area contributed by atoms with Crippen molar-refractivity contribution in [2.75, 3.05) is 13.1 Å². The van der Waals surface area contributed by atoms with Crippen molar-refractivity contribution in [2.24, 2.45) is 0 Å². The molecule has 19 heavy (non-hydrogen) atoms. The van der Waals surface area contributed by atoms with E-state index in [9.17, 15) is 0 Å². The Hall–Kier alpha value is -2.02. The van der Waals surface area contributed by atoms with Gasteiger partial charge in [-0.15, -0.1) is 0 Å². The molecule has 96 valence electrons. The highest BCUT2D eigenvalue weighted by Crippen LogP contribution is 2.28. The van der Waals surface area contributed by atoms with Crippen molar-refractivity contribution in [1.29, 1.82) is 0 Å². The summed E-state index contributed by atoms with van der Waals surface area (Å²) in [6.07, 6.45) is 6.74. The maximum Gasteiger partial charge on any atom is 0.0362 e. The van der Waals surface area contributed by atoms with Crippen LogP contribution >= 0.6 is 0 Å². The van der Waals surface area contributed by atoms with Gasteiger partial charge in [0.05, 0.1) is 0 Å². The third-order valence-electron chi connectivity index (χ3n) is 3.77. The molecule has 1 aliphatic rings. The topological polar surface area (TPSA) is 3.24 Å². The van der Waals surface area contributed by atoms with Gasteiger partial charge >= 0.3 is 0 Å². The monoisotopic (exact) mass is 249 g/mol. The smallest absolute Gasteiger partial charge is 0.0362 e. The van der Waals surface area contributed by atoms with Crippen LogP contribution in [0.15, 0.2) is 54.8 Å². The zero-order valence-corrected chi connectivity index (χ0v) is 11.6. The van der Waals surface area contributed by atoms with Crippen molar-refractivity contribution in [1.82, 2.24) is 4.90 Å². The van der Waals surface area contributed by atoms with Crippen molar-refractivity contribution < 1.29 is 0 Å². The number of aryl methyl sites for hydroxylation is 1. The third-order valence-corrected chi connectivity index (χ3v) is 3.77. The Kier molecular flexibility index (Phi) is 3.12. The summed E-state index contributed by atoms with van der Waals surface area (Å²) in [5.41, 5.74) is 3.99. The lowest BCUT2D eigenvalue weighted by Gasteiger charge is -2.21. The maximum atomic E-state index is 2.32. The van der Waals surface area contributed by atoms with Crippen LogP contribution in [0.1, 0.15) is 18.1 Å². The summed E-state index contributed by atoms with van der Waals surface area (Å²) in [6, 6.07) is 13.2. The Morgan fingerprint density at radius 1 is 1.16 bits per heavy atom. The molecule has 1 heterocycles. The average molecular weight is 249 g/mol. The normalized spacial score (nSPS) is 14.8. The molecule has 0 saturated heterocycles. The van der Waals surface area contributed by atoms with E-state index in [4.69, 9.17) is 0 Å². The molecule has 0 saturated carbocycles. The zero-order chi connectivity index (χ0) is 13.2. The third kappa shape index (κ3) is 2.28. The van der Waals surface area contributed by atoms with E-state index in [1.807, 2.05) is 0 Å². The fourth-order valence-electron chi connectivity index (χ4n) is 2.60. The van der Waals surface area contributed by atoms with Gasteiger partial charge in [-0.05, 0) is 48.0 Å². The number of hydrogen-bond acceptors (Lipinski definition) is 1. The fourth-order valence-corrected chi connectivity index (χ4v) is 2.60. The van der Waals surface area contributed by atoms with E-state index in [2.05, 4.69) is 73.5 Å². The minimum absolute atomic E-state index is 1.00. The van der Waals surface area contributed by atoms with E-state index in [-0.39, 0.29) is 0 Å². The molecule has 0 bridgehead atoms. The highest BCUT2D eigenvalue weighted by atomic mass is 15.1. The lowest BCUT2D eigenvalue weighted by molar-refractivity contribution is 0.437. The number of benzene rings is 2. The summed E-state index contributed by atoms with van der Waals surface area (Å²) < 4.78 is 0. The molecule has 0 aromatic heterocycles. The molecule has 1 nitrogen and oxygen atoms in total. The van der Waals surface area contributed by atoms with Gasteiger partial charge in [-0.1, -0.05) is 48.0 Å². The first-order valence-electron chi connectivity index (χ1n) is 6.90. The van der Waals surface area contributed by atoms with E-state index < -0.39 is 0 Å². The van der Waals surface area contributed by atoms with Gasteiger partial charge in [-0.3, -0.25) is 0 Å². The lowest BCUT2D eigenvalue weighted by atomic mass is 9.96. The first-order chi connectivity index (χ1) is 9.28. The van der Waals surface area contributed by atoms with Crippen molar-refractivity contribution >= 4 is 16.3 Å². The number of rotatable bonds is 2. The molecular weight excluding hydrogens is 230 g/mol. The van der Waals surface area contributed by atoms with Crippen LogP contribution in [0.25, 0.3) is 16.3 Å². The number of likely N-dealkylation sites (N-methyl/N-ethyl adjacent to an activating group) is 1. The first-order valence-corrected chi connectivity index (χ1v) is 6.90. The van der Waals surface area contributed by atoms with Gasteiger partial charge in [0.2, 0.25) is 0 Å². The molecule has 0 N–H and O–H groups in total. The first kappa shape index (κ1) is 12.0. The average Bonchev–Trinajstić information content (AvgIpc) is 2.47. The standard InChI is InChI=1S/C18H19N/c1-3-19-11-9-16(10-12-19)17-6-4-5-15-8-7-14(2)13-18(15)17/h4-11,13H,3,12H2,1-2H3. The summed E-state index contributed by atoms with van der Waals surface area (Å²) in [4.78, 5) is 2.31. The lowest BCUT2D eigenvalue weighted by Crippen LogP contribution is -2.18. The Morgan fingerprint density at radius 3 is 2.79 bits per heavy atom. The van der Waals surface area contributed by atoms with Gasteiger partial charge in [-0.25, -0.2) is 0 Å². The van der Waals surface area contributed by atoms with Crippen molar-refractivity contribution in [2.45, 2.75) is 13.8 Å². The molecule has 2 aromatic carbocycles. The summed E-state index contributed by atoms with van der Waals surface area (Å²) >= 11 is 0. The van der Waals surface area contributed by atoms with Crippen molar-refractivity contribution in [3.8, 4) is 0 Å². The van der Waals surface area contributed by atoms with Gasteiger partial charge in [0.1, 0.15) is 0 Å². The van der Waals surface area contributed by atoms with E-state index in [0.29, 0.717) is 0 Å². The number of nitrogens with zero attached hydrogens (tertiary/aromatic N) is 1. The molecule has 0 fully saturated rings. The summed E-state index contributed by atoms with van der Waals surface area (Å²) in [6.45, 7) is 6.41. The SMILES string of the molecule is CCN1C=CC(c2cccc3ccc(C)cc23)=CC1. The Balaban J connectivity index is 2.09. The second-order valence-corrected chi connectivity index (χ2v) is 5.09. The van der Waals surface area contributed by atoms with Crippen LogP contribution in [0.2, 0.25) is 0 Å². The molecule has 0 aliphatic carbocycles. The van der Waals surface area contributed by atoms with Crippen molar-refractivity contribution in [3.05, 3.63) is 65.9 Å². The second kappa shape index (κ2) is 4.93. The summed E-state index contributed by atoms with van der Waals surface area (Å²) in [7, 11) is 0. The predicted octanol–water partition coefficient (Wildman–Crippen LogP) is 4.38. The van der Waals surface area contributed by atoms with Gasteiger partial charge in [-0.2, -0.15) is 0 Å². The molecule has 1 aliphatic heterocycles. The zero-order valence-electron chi connectivity index (χ0n) is 11.6. The second-order valence-electron chi connectivity index (χ2n) is 5.09. The van der Waals surface area contributed by atoms with E-state index >= 15 is 0 Å². The quantitative estimate of drug-likeness (QED) is 0.763. The van der Waals surface area contributed by atoms with E-state index in [0.717, 1.165) is 13.1 Å². The van der Waals surface area contributed by atoms with Crippen LogP contribution in [0.4, 0.5) is 0 Å². The molecular formula is C18H19N. The van der Waals surface area contributed by atoms with E-state index in [1.165, 1.54) is 27.5 Å². The molecule has 2 aromatic rings. The fraction of sp³-hybridized carbons (Fsp3) is 0.222. The highest BCUT2D eigenvalue weighted by molar-refractivity contribution is 5.96. The highest BCUT2D eigenvalue weighted by Gasteiger charge is 2.08. The van der Waals surface area contributed by atoms with Crippen LogP contribution < -0.4 is 0 Å². The maximum absolute atomic E-state index is 2.32. The Labute approximate surface area is 114 Å². The molecule has 3 rings (SSSR count). The number of allylic oxidation sites excluding steroid dienone is 2. The van der Waals surface area contributed by atoms with Crippen LogP contribution in [-0.4, -0.2) is 18.0 Å². The molecule has 0 unspecified atom stereocenters. The minimum atomic E-state index is 1.00. The largest absolute Gasteiger partial charge is 0.374 e. The molecule has 0 radical (unpaired) electrons. The summed E-state index contributed by atoms with van der Waals surface area (Å²) in [5.74, 6) is 0. The van der Waals surface area contributed by atoms with Crippen LogP contribution in [-0.2, 0) is 0 Å². The van der Waals surface area contributed by atoms with Crippen LogP contribution in [0.3, 0.4) is 0 Å². The minimum Gasteiger partial charge on any atom is -0.374 e. The van der Waals surface area contributed by atoms with Crippen LogP contribution in [0, 0.1) is 6.92 Å². The van der Waals surface area contributed by atoms with Gasteiger partial charge in [0, 0.05) is 13.1 Å². The molecule has 0 atom stereocenters. The Morgan fingerprint density at radius 2 is 2.05 bits per heavy atom. The van der Waals surface area contributed by atoms with Crippen molar-refractivity contribution in [3.63, 3.8) is 0 Å². The number of fused-ring (bicyclic) bond motifs is 1. The predicted molar refractivity (Wildman–Crippen MR) is 83.0 cm³/mol. The van der Waals surface area contributed by atoms with Gasteiger partial charge in [0.25, 0.3) is 0 Å². The van der Waals surface area contributed by atoms with Gasteiger partial charge in [0.15, 0.2) is 0 Å². The van der Waals surface area contributed by atoms with E-state index in [1.54, 1.807) is 0 Å². The molecule has 1 heteroatoms. The summed E-state index contributed by atoms with van der Waals surface area (Å²) in [5, 5.41) is 2.67.